The van der Waals surface area contributed by atoms with E-state index in [2.05, 4.69) is 12.0 Å². The molecule has 1 saturated heterocycles. The van der Waals surface area contributed by atoms with E-state index in [1.54, 1.807) is 0 Å². The predicted octanol–water partition coefficient (Wildman–Crippen LogP) is 3.14. The second-order valence-electron chi connectivity index (χ2n) is 3.40. The highest BCUT2D eigenvalue weighted by atomic mass is 31.1. The maximum atomic E-state index is 3.81. The third-order valence-corrected chi connectivity index (χ3v) is 4.87. The van der Waals surface area contributed by atoms with Crippen LogP contribution >= 0.6 is 7.55 Å². The lowest BCUT2D eigenvalue weighted by Gasteiger charge is -2.01. The van der Waals surface area contributed by atoms with Crippen LogP contribution in [0, 0.1) is 0 Å². The Bertz CT molecular complexity index is 142. The van der Waals surface area contributed by atoms with E-state index in [0.717, 1.165) is 0 Å². The topological polar surface area (TPSA) is 0 Å². The van der Waals surface area contributed by atoms with Gasteiger partial charge in [-0.05, 0) is 25.2 Å². The van der Waals surface area contributed by atoms with Crippen molar-refractivity contribution in [3.63, 3.8) is 0 Å². The Morgan fingerprint density at radius 3 is 1.73 bits per heavy atom. The second kappa shape index (κ2) is 5.70. The molecule has 0 aromatic heterocycles. The molecule has 0 aromatic carbocycles. The summed E-state index contributed by atoms with van der Waals surface area (Å²) in [5.74, 6) is 0. The van der Waals surface area contributed by atoms with Crippen LogP contribution in [-0.4, -0.2) is 17.8 Å². The SMILES string of the molecule is C=C=[PH]1CCCCCCCC1. The number of hydrogen-bond acceptors (Lipinski definition) is 0. The molecule has 1 rings (SSSR count). The van der Waals surface area contributed by atoms with E-state index in [1.165, 1.54) is 50.8 Å². The Labute approximate surface area is 71.1 Å². The zero-order chi connectivity index (χ0) is 7.94. The molecular formula is C10H19P. The van der Waals surface area contributed by atoms with E-state index in [-0.39, 0.29) is 7.55 Å². The van der Waals surface area contributed by atoms with Crippen LogP contribution in [0.5, 0.6) is 0 Å². The lowest BCUT2D eigenvalue weighted by molar-refractivity contribution is 0.636. The van der Waals surface area contributed by atoms with Crippen LogP contribution in [0.15, 0.2) is 6.58 Å². The first-order valence-electron chi connectivity index (χ1n) is 4.81. The largest absolute Gasteiger partial charge is 0.138 e. The molecule has 64 valence electrons. The minimum atomic E-state index is -0.230. The smallest absolute Gasteiger partial charge is 0.0287 e. The van der Waals surface area contributed by atoms with Crippen molar-refractivity contribution in [1.29, 1.82) is 0 Å². The highest BCUT2D eigenvalue weighted by Gasteiger charge is 1.99. The highest BCUT2D eigenvalue weighted by molar-refractivity contribution is 7.56. The van der Waals surface area contributed by atoms with Crippen molar-refractivity contribution >= 4 is 13.0 Å². The molecule has 0 spiro atoms. The van der Waals surface area contributed by atoms with Gasteiger partial charge in [-0.3, -0.25) is 0 Å². The van der Waals surface area contributed by atoms with Gasteiger partial charge in [0.1, 0.15) is 0 Å². The van der Waals surface area contributed by atoms with Gasteiger partial charge in [0, 0.05) is 0 Å². The number of rotatable bonds is 0. The Kier molecular flexibility index (Phi) is 4.75. The zero-order valence-corrected chi connectivity index (χ0v) is 8.36. The minimum Gasteiger partial charge on any atom is -0.138 e. The van der Waals surface area contributed by atoms with Gasteiger partial charge in [-0.25, -0.2) is 0 Å². The van der Waals surface area contributed by atoms with E-state index >= 15 is 0 Å². The molecule has 11 heavy (non-hydrogen) atoms. The van der Waals surface area contributed by atoms with Gasteiger partial charge >= 0.3 is 0 Å². The third-order valence-electron chi connectivity index (χ3n) is 2.46. The van der Waals surface area contributed by atoms with E-state index in [1.807, 2.05) is 0 Å². The van der Waals surface area contributed by atoms with Crippen molar-refractivity contribution in [3.05, 3.63) is 6.58 Å². The Balaban J connectivity index is 2.37. The molecule has 0 amide bonds. The molecule has 1 aliphatic heterocycles. The first-order chi connectivity index (χ1) is 5.43. The van der Waals surface area contributed by atoms with Crippen molar-refractivity contribution in [2.45, 2.75) is 38.5 Å². The van der Waals surface area contributed by atoms with Gasteiger partial charge in [-0.2, -0.15) is 0 Å². The number of hydrogen-bond donors (Lipinski definition) is 0. The van der Waals surface area contributed by atoms with E-state index in [4.69, 9.17) is 0 Å². The molecule has 0 N–H and O–H groups in total. The Morgan fingerprint density at radius 2 is 1.27 bits per heavy atom. The fourth-order valence-electron chi connectivity index (χ4n) is 1.69. The standard InChI is InChI=1S/C10H19P/c1-2-11-9-7-5-3-4-6-8-10-11/h11H,1,3-10H2. The monoisotopic (exact) mass is 170 g/mol. The molecule has 1 aliphatic rings. The maximum absolute atomic E-state index is 3.81. The lowest BCUT2D eigenvalue weighted by atomic mass is 10.1. The molecule has 0 radical (unpaired) electrons. The summed E-state index contributed by atoms with van der Waals surface area (Å²) in [6, 6.07) is 0. The van der Waals surface area contributed by atoms with Crippen LogP contribution in [0.25, 0.3) is 0 Å². The summed E-state index contributed by atoms with van der Waals surface area (Å²) in [6.07, 6.45) is 11.6. The molecule has 0 saturated carbocycles. The van der Waals surface area contributed by atoms with Gasteiger partial charge in [0.2, 0.25) is 0 Å². The minimum absolute atomic E-state index is 0.230. The van der Waals surface area contributed by atoms with Crippen molar-refractivity contribution in [2.24, 2.45) is 0 Å². The Hall–Kier alpha value is 0.0800. The average molecular weight is 170 g/mol. The fraction of sp³-hybridized carbons (Fsp3) is 0.800. The van der Waals surface area contributed by atoms with Gasteiger partial charge < -0.3 is 0 Å². The van der Waals surface area contributed by atoms with Crippen molar-refractivity contribution in [2.75, 3.05) is 12.3 Å². The van der Waals surface area contributed by atoms with Gasteiger partial charge in [0.05, 0.1) is 0 Å². The van der Waals surface area contributed by atoms with Crippen molar-refractivity contribution in [3.8, 4) is 0 Å². The molecule has 0 bridgehead atoms. The summed E-state index contributed by atoms with van der Waals surface area (Å²) in [4.78, 5) is 0. The van der Waals surface area contributed by atoms with E-state index in [0.29, 0.717) is 0 Å². The summed E-state index contributed by atoms with van der Waals surface area (Å²) in [7, 11) is -0.230. The van der Waals surface area contributed by atoms with E-state index < -0.39 is 0 Å². The van der Waals surface area contributed by atoms with Gasteiger partial charge in [-0.15, -0.1) is 5.45 Å². The first kappa shape index (κ1) is 9.17. The van der Waals surface area contributed by atoms with Crippen LogP contribution < -0.4 is 0 Å². The molecule has 1 fully saturated rings. The third kappa shape index (κ3) is 3.85. The maximum Gasteiger partial charge on any atom is -0.0287 e. The zero-order valence-electron chi connectivity index (χ0n) is 7.36. The normalized spacial score (nSPS) is 22.9. The van der Waals surface area contributed by atoms with Gasteiger partial charge in [-0.1, -0.05) is 39.8 Å². The summed E-state index contributed by atoms with van der Waals surface area (Å²) in [6.45, 7) is 3.81. The van der Waals surface area contributed by atoms with Crippen LogP contribution in [0.2, 0.25) is 0 Å². The summed E-state index contributed by atoms with van der Waals surface area (Å²) in [5.41, 5.74) is 3.25. The average Bonchev–Trinajstić information content (AvgIpc) is 2.16. The van der Waals surface area contributed by atoms with E-state index in [9.17, 15) is 0 Å². The van der Waals surface area contributed by atoms with Crippen LogP contribution in [0.3, 0.4) is 0 Å². The summed E-state index contributed by atoms with van der Waals surface area (Å²) < 4.78 is 0. The molecule has 0 aromatic rings. The molecule has 1 heterocycles. The van der Waals surface area contributed by atoms with Gasteiger partial charge in [0.25, 0.3) is 0 Å². The molecule has 0 atom stereocenters. The lowest BCUT2D eigenvalue weighted by Crippen LogP contribution is -1.82. The Morgan fingerprint density at radius 1 is 0.818 bits per heavy atom. The molecule has 0 nitrogen and oxygen atoms in total. The molecule has 1 heteroatoms. The summed E-state index contributed by atoms with van der Waals surface area (Å²) in [5, 5.41) is 0. The first-order valence-corrected chi connectivity index (χ1v) is 6.72. The molecular weight excluding hydrogens is 151 g/mol. The predicted molar refractivity (Wildman–Crippen MR) is 56.4 cm³/mol. The second-order valence-corrected chi connectivity index (χ2v) is 5.96. The van der Waals surface area contributed by atoms with Crippen molar-refractivity contribution < 1.29 is 0 Å². The van der Waals surface area contributed by atoms with Crippen molar-refractivity contribution in [1.82, 2.24) is 0 Å². The van der Waals surface area contributed by atoms with Crippen LogP contribution in [0.4, 0.5) is 0 Å². The quantitative estimate of drug-likeness (QED) is 0.490. The summed E-state index contributed by atoms with van der Waals surface area (Å²) >= 11 is 0. The van der Waals surface area contributed by atoms with Crippen LogP contribution in [0.1, 0.15) is 38.5 Å². The molecule has 0 unspecified atom stereocenters. The molecule has 0 aliphatic carbocycles. The highest BCUT2D eigenvalue weighted by Crippen LogP contribution is 2.27. The fourth-order valence-corrected chi connectivity index (χ4v) is 3.64. The van der Waals surface area contributed by atoms with Gasteiger partial charge in [0.15, 0.2) is 0 Å². The van der Waals surface area contributed by atoms with Crippen LogP contribution in [-0.2, 0) is 0 Å².